The van der Waals surface area contributed by atoms with Crippen molar-refractivity contribution in [2.75, 3.05) is 26.2 Å². The van der Waals surface area contributed by atoms with E-state index in [2.05, 4.69) is 24.1 Å². The van der Waals surface area contributed by atoms with Gasteiger partial charge in [0, 0.05) is 18.2 Å². The molecule has 21 heavy (non-hydrogen) atoms. The van der Waals surface area contributed by atoms with Crippen LogP contribution in [-0.4, -0.2) is 31.1 Å². The summed E-state index contributed by atoms with van der Waals surface area (Å²) in [6.07, 6.45) is 4.57. The first-order valence-corrected chi connectivity index (χ1v) is 8.45. The highest BCUT2D eigenvalue weighted by molar-refractivity contribution is 5.21. The van der Waals surface area contributed by atoms with E-state index in [1.807, 2.05) is 12.1 Å². The minimum absolute atomic E-state index is 0.0595. The molecule has 2 nitrogen and oxygen atoms in total. The second kappa shape index (κ2) is 8.50. The topological polar surface area (TPSA) is 15.3 Å². The molecule has 1 fully saturated rings. The fraction of sp³-hybridized carbons (Fsp3) is 0.667. The molecule has 2 rings (SSSR count). The van der Waals surface area contributed by atoms with Crippen LogP contribution in [-0.2, 0) is 0 Å². The fourth-order valence-electron chi connectivity index (χ4n) is 3.48. The molecule has 1 aromatic rings. The lowest BCUT2D eigenvalue weighted by Gasteiger charge is -2.35. The maximum atomic E-state index is 14.2. The van der Waals surface area contributed by atoms with Crippen LogP contribution in [0.5, 0.6) is 0 Å². The molecule has 1 heterocycles. The van der Waals surface area contributed by atoms with E-state index < -0.39 is 0 Å². The molecule has 0 aromatic heterocycles. The Hall–Kier alpha value is -0.930. The standard InChI is InChI=1S/C18H29FN2/c1-3-13-21(14-15-9-11-20-12-10-15)18(4-2)16-7-5-6-8-17(16)19/h5-8,15,18,20H,3-4,9-14H2,1-2H3. The Morgan fingerprint density at radius 2 is 1.95 bits per heavy atom. The Labute approximate surface area is 128 Å². The molecule has 0 aliphatic carbocycles. The van der Waals surface area contributed by atoms with Crippen molar-refractivity contribution in [2.24, 2.45) is 5.92 Å². The minimum Gasteiger partial charge on any atom is -0.317 e. The zero-order valence-corrected chi connectivity index (χ0v) is 13.4. The first-order valence-electron chi connectivity index (χ1n) is 8.45. The molecule has 1 aliphatic rings. The van der Waals surface area contributed by atoms with Crippen molar-refractivity contribution in [3.05, 3.63) is 35.6 Å². The van der Waals surface area contributed by atoms with Crippen LogP contribution in [0.2, 0.25) is 0 Å². The number of piperidine rings is 1. The van der Waals surface area contributed by atoms with Gasteiger partial charge in [0.2, 0.25) is 0 Å². The molecular formula is C18H29FN2. The van der Waals surface area contributed by atoms with E-state index in [4.69, 9.17) is 0 Å². The van der Waals surface area contributed by atoms with Gasteiger partial charge in [-0.1, -0.05) is 32.0 Å². The smallest absolute Gasteiger partial charge is 0.127 e. The van der Waals surface area contributed by atoms with Gasteiger partial charge in [-0.2, -0.15) is 0 Å². The zero-order valence-electron chi connectivity index (χ0n) is 13.4. The van der Waals surface area contributed by atoms with Crippen LogP contribution in [0.1, 0.15) is 51.1 Å². The van der Waals surface area contributed by atoms with E-state index in [0.29, 0.717) is 0 Å². The first-order chi connectivity index (χ1) is 10.3. The third kappa shape index (κ3) is 4.52. The van der Waals surface area contributed by atoms with Crippen LogP contribution < -0.4 is 5.32 Å². The van der Waals surface area contributed by atoms with E-state index in [1.165, 1.54) is 12.8 Å². The van der Waals surface area contributed by atoms with Crippen molar-refractivity contribution in [1.29, 1.82) is 0 Å². The Bertz CT molecular complexity index is 415. The molecule has 118 valence electrons. The largest absolute Gasteiger partial charge is 0.317 e. The first kappa shape index (κ1) is 16.4. The maximum absolute atomic E-state index is 14.2. The van der Waals surface area contributed by atoms with Crippen molar-refractivity contribution in [3.63, 3.8) is 0 Å². The molecule has 1 saturated heterocycles. The van der Waals surface area contributed by atoms with Crippen molar-refractivity contribution in [1.82, 2.24) is 10.2 Å². The van der Waals surface area contributed by atoms with Crippen LogP contribution in [0.15, 0.2) is 24.3 Å². The average molecular weight is 292 g/mol. The number of rotatable bonds is 7. The van der Waals surface area contributed by atoms with Crippen molar-refractivity contribution in [3.8, 4) is 0 Å². The molecule has 0 spiro atoms. The SMILES string of the molecule is CCCN(CC1CCNCC1)C(CC)c1ccccc1F. The van der Waals surface area contributed by atoms with Gasteiger partial charge in [0.15, 0.2) is 0 Å². The van der Waals surface area contributed by atoms with Crippen LogP contribution in [0.25, 0.3) is 0 Å². The number of nitrogens with one attached hydrogen (secondary N) is 1. The lowest BCUT2D eigenvalue weighted by Crippen LogP contribution is -2.38. The molecule has 0 saturated carbocycles. The molecule has 3 heteroatoms. The highest BCUT2D eigenvalue weighted by Crippen LogP contribution is 2.28. The summed E-state index contributed by atoms with van der Waals surface area (Å²) in [5, 5.41) is 3.43. The molecule has 0 bridgehead atoms. The van der Waals surface area contributed by atoms with Gasteiger partial charge in [0.25, 0.3) is 0 Å². The fourth-order valence-corrected chi connectivity index (χ4v) is 3.48. The summed E-state index contributed by atoms with van der Waals surface area (Å²) in [5.41, 5.74) is 0.863. The predicted molar refractivity (Wildman–Crippen MR) is 86.9 cm³/mol. The highest BCUT2D eigenvalue weighted by atomic mass is 19.1. The number of halogens is 1. The van der Waals surface area contributed by atoms with Gasteiger partial charge in [-0.3, -0.25) is 4.90 Å². The van der Waals surface area contributed by atoms with Gasteiger partial charge >= 0.3 is 0 Å². The Morgan fingerprint density at radius 3 is 2.57 bits per heavy atom. The van der Waals surface area contributed by atoms with Crippen molar-refractivity contribution in [2.45, 2.75) is 45.6 Å². The number of nitrogens with zero attached hydrogens (tertiary/aromatic N) is 1. The highest BCUT2D eigenvalue weighted by Gasteiger charge is 2.24. The van der Waals surface area contributed by atoms with E-state index in [1.54, 1.807) is 12.1 Å². The maximum Gasteiger partial charge on any atom is 0.127 e. The van der Waals surface area contributed by atoms with E-state index in [-0.39, 0.29) is 11.9 Å². The van der Waals surface area contributed by atoms with E-state index in [0.717, 1.165) is 50.5 Å². The summed E-state index contributed by atoms with van der Waals surface area (Å²) < 4.78 is 14.2. The van der Waals surface area contributed by atoms with Crippen LogP contribution in [0.3, 0.4) is 0 Å². The van der Waals surface area contributed by atoms with Gasteiger partial charge in [0.05, 0.1) is 0 Å². The molecular weight excluding hydrogens is 263 g/mol. The molecule has 1 N–H and O–H groups in total. The monoisotopic (exact) mass is 292 g/mol. The average Bonchev–Trinajstić information content (AvgIpc) is 2.51. The second-order valence-electron chi connectivity index (χ2n) is 6.13. The Morgan fingerprint density at radius 1 is 1.24 bits per heavy atom. The summed E-state index contributed by atoms with van der Waals surface area (Å²) in [7, 11) is 0. The zero-order chi connectivity index (χ0) is 15.1. The Kier molecular flexibility index (Phi) is 6.65. The quantitative estimate of drug-likeness (QED) is 0.817. The molecule has 1 atom stereocenters. The molecule has 1 aromatic carbocycles. The summed E-state index contributed by atoms with van der Waals surface area (Å²) >= 11 is 0. The van der Waals surface area contributed by atoms with Crippen LogP contribution in [0.4, 0.5) is 4.39 Å². The van der Waals surface area contributed by atoms with E-state index in [9.17, 15) is 4.39 Å². The summed E-state index contributed by atoms with van der Waals surface area (Å²) in [6.45, 7) is 8.78. The third-order valence-electron chi connectivity index (χ3n) is 4.55. The number of hydrogen-bond acceptors (Lipinski definition) is 2. The number of benzene rings is 1. The summed E-state index contributed by atoms with van der Waals surface area (Å²) in [6, 6.07) is 7.49. The third-order valence-corrected chi connectivity index (χ3v) is 4.55. The molecule has 1 unspecified atom stereocenters. The number of hydrogen-bond donors (Lipinski definition) is 1. The molecule has 1 aliphatic heterocycles. The lowest BCUT2D eigenvalue weighted by molar-refractivity contribution is 0.145. The Balaban J connectivity index is 2.11. The van der Waals surface area contributed by atoms with Gasteiger partial charge in [-0.15, -0.1) is 0 Å². The predicted octanol–water partition coefficient (Wildman–Crippen LogP) is 3.99. The molecule has 0 amide bonds. The van der Waals surface area contributed by atoms with Gasteiger partial charge in [0.1, 0.15) is 5.82 Å². The van der Waals surface area contributed by atoms with Crippen LogP contribution in [0, 0.1) is 11.7 Å². The summed E-state index contributed by atoms with van der Waals surface area (Å²) in [4.78, 5) is 2.51. The minimum atomic E-state index is -0.0595. The van der Waals surface area contributed by atoms with Crippen molar-refractivity contribution < 1.29 is 4.39 Å². The van der Waals surface area contributed by atoms with Gasteiger partial charge < -0.3 is 5.32 Å². The van der Waals surface area contributed by atoms with Crippen LogP contribution >= 0.6 is 0 Å². The van der Waals surface area contributed by atoms with Gasteiger partial charge in [-0.25, -0.2) is 4.39 Å². The van der Waals surface area contributed by atoms with Crippen molar-refractivity contribution >= 4 is 0 Å². The summed E-state index contributed by atoms with van der Waals surface area (Å²) in [5.74, 6) is 0.689. The second-order valence-corrected chi connectivity index (χ2v) is 6.13. The van der Waals surface area contributed by atoms with Gasteiger partial charge in [-0.05, 0) is 57.3 Å². The lowest BCUT2D eigenvalue weighted by atomic mass is 9.94. The normalized spacial score (nSPS) is 18.1. The molecule has 0 radical (unpaired) electrons. The van der Waals surface area contributed by atoms with E-state index >= 15 is 0 Å².